The number of benzene rings is 2. The topological polar surface area (TPSA) is 67.4 Å². The molecule has 0 aliphatic carbocycles. The first-order valence-electron chi connectivity index (χ1n) is 6.35. The number of carbonyl (C=O) groups is 2. The van der Waals surface area contributed by atoms with Crippen LogP contribution in [0.5, 0.6) is 0 Å². The summed E-state index contributed by atoms with van der Waals surface area (Å²) < 4.78 is 4.87. The highest BCUT2D eigenvalue weighted by Gasteiger charge is 2.08. The normalized spacial score (nSPS) is 10.1. The first-order chi connectivity index (χ1) is 9.61. The van der Waals surface area contributed by atoms with Crippen molar-refractivity contribution < 1.29 is 14.3 Å². The monoisotopic (exact) mass is 272 g/mol. The average molecular weight is 272 g/mol. The maximum Gasteiger partial charge on any atom is 0.411 e. The van der Waals surface area contributed by atoms with Gasteiger partial charge in [0.1, 0.15) is 0 Å². The molecule has 5 nitrogen and oxygen atoms in total. The van der Waals surface area contributed by atoms with E-state index in [2.05, 4.69) is 10.6 Å². The molecule has 0 saturated carbocycles. The molecule has 104 valence electrons. The average Bonchev–Trinajstić information content (AvgIpc) is 2.39. The van der Waals surface area contributed by atoms with E-state index in [-0.39, 0.29) is 5.91 Å². The molecule has 2 rings (SSSR count). The van der Waals surface area contributed by atoms with Gasteiger partial charge in [0.05, 0.1) is 12.3 Å². The number of amides is 2. The van der Waals surface area contributed by atoms with Gasteiger partial charge in [0.25, 0.3) is 0 Å². The van der Waals surface area contributed by atoms with Crippen molar-refractivity contribution in [2.45, 2.75) is 13.8 Å². The molecule has 0 aliphatic rings. The van der Waals surface area contributed by atoms with Crippen LogP contribution in [0.15, 0.2) is 36.4 Å². The maximum atomic E-state index is 11.5. The van der Waals surface area contributed by atoms with E-state index in [4.69, 9.17) is 4.74 Å². The molecule has 2 aromatic rings. The molecule has 20 heavy (non-hydrogen) atoms. The highest BCUT2D eigenvalue weighted by molar-refractivity contribution is 6.07. The highest BCUT2D eigenvalue weighted by atomic mass is 16.5. The standard InChI is InChI=1S/C15H16N2O3/c1-3-20-15(19)17-14-9-5-6-11-12(14)7-4-8-13(11)16-10(2)18/h4-9H,3H2,1-2H3,(H,16,18)(H,17,19). The third-order valence-corrected chi connectivity index (χ3v) is 2.74. The van der Waals surface area contributed by atoms with Crippen molar-refractivity contribution >= 4 is 34.1 Å². The van der Waals surface area contributed by atoms with E-state index in [1.54, 1.807) is 13.0 Å². The van der Waals surface area contributed by atoms with Crippen LogP contribution < -0.4 is 10.6 Å². The van der Waals surface area contributed by atoms with Crippen LogP contribution in [0.25, 0.3) is 10.8 Å². The number of ether oxygens (including phenoxy) is 1. The Hall–Kier alpha value is -2.56. The predicted molar refractivity (Wildman–Crippen MR) is 78.9 cm³/mol. The van der Waals surface area contributed by atoms with Crippen LogP contribution in [0.3, 0.4) is 0 Å². The Kier molecular flexibility index (Phi) is 4.20. The van der Waals surface area contributed by atoms with Crippen molar-refractivity contribution in [1.29, 1.82) is 0 Å². The Morgan fingerprint density at radius 2 is 1.55 bits per heavy atom. The van der Waals surface area contributed by atoms with Gasteiger partial charge in [-0.3, -0.25) is 10.1 Å². The maximum absolute atomic E-state index is 11.5. The molecular weight excluding hydrogens is 256 g/mol. The van der Waals surface area contributed by atoms with Crippen molar-refractivity contribution in [2.24, 2.45) is 0 Å². The molecule has 0 fully saturated rings. The first-order valence-corrected chi connectivity index (χ1v) is 6.35. The lowest BCUT2D eigenvalue weighted by Gasteiger charge is -2.11. The Morgan fingerprint density at radius 3 is 2.05 bits per heavy atom. The first kappa shape index (κ1) is 13.9. The van der Waals surface area contributed by atoms with E-state index in [9.17, 15) is 9.59 Å². The molecule has 0 aromatic heterocycles. The molecule has 5 heteroatoms. The highest BCUT2D eigenvalue weighted by Crippen LogP contribution is 2.29. The number of fused-ring (bicyclic) bond motifs is 1. The van der Waals surface area contributed by atoms with Crippen molar-refractivity contribution in [3.63, 3.8) is 0 Å². The summed E-state index contributed by atoms with van der Waals surface area (Å²) in [6.45, 7) is 3.52. The van der Waals surface area contributed by atoms with Crippen molar-refractivity contribution in [1.82, 2.24) is 0 Å². The summed E-state index contributed by atoms with van der Waals surface area (Å²) in [5.74, 6) is -0.138. The summed E-state index contributed by atoms with van der Waals surface area (Å²) in [5, 5.41) is 7.16. The van der Waals surface area contributed by atoms with E-state index in [1.807, 2.05) is 30.3 Å². The van der Waals surface area contributed by atoms with Gasteiger partial charge in [0.15, 0.2) is 0 Å². The minimum atomic E-state index is -0.495. The van der Waals surface area contributed by atoms with E-state index in [0.29, 0.717) is 18.0 Å². The summed E-state index contributed by atoms with van der Waals surface area (Å²) in [6.07, 6.45) is -0.495. The number of rotatable bonds is 3. The molecule has 2 aromatic carbocycles. The minimum absolute atomic E-state index is 0.138. The second-order valence-corrected chi connectivity index (χ2v) is 4.23. The van der Waals surface area contributed by atoms with E-state index >= 15 is 0 Å². The summed E-state index contributed by atoms with van der Waals surface area (Å²) in [6, 6.07) is 11.0. The Bertz CT molecular complexity index is 653. The summed E-state index contributed by atoms with van der Waals surface area (Å²) in [5.41, 5.74) is 1.36. The molecule has 2 N–H and O–H groups in total. The Labute approximate surface area is 116 Å². The van der Waals surface area contributed by atoms with E-state index in [0.717, 1.165) is 10.8 Å². The van der Waals surface area contributed by atoms with Gasteiger partial charge in [0, 0.05) is 23.4 Å². The van der Waals surface area contributed by atoms with E-state index in [1.165, 1.54) is 6.92 Å². The Morgan fingerprint density at radius 1 is 1.00 bits per heavy atom. The minimum Gasteiger partial charge on any atom is -0.450 e. The number of carbonyl (C=O) groups excluding carboxylic acids is 2. The van der Waals surface area contributed by atoms with Crippen LogP contribution in [0, 0.1) is 0 Å². The predicted octanol–water partition coefficient (Wildman–Crippen LogP) is 3.37. The largest absolute Gasteiger partial charge is 0.450 e. The van der Waals surface area contributed by atoms with Gasteiger partial charge in [-0.05, 0) is 19.1 Å². The lowest BCUT2D eigenvalue weighted by molar-refractivity contribution is -0.114. The fraction of sp³-hybridized carbons (Fsp3) is 0.200. The van der Waals surface area contributed by atoms with Crippen LogP contribution in [-0.2, 0) is 9.53 Å². The molecule has 0 heterocycles. The van der Waals surface area contributed by atoms with Crippen LogP contribution in [0.2, 0.25) is 0 Å². The van der Waals surface area contributed by atoms with Crippen molar-refractivity contribution in [3.8, 4) is 0 Å². The third-order valence-electron chi connectivity index (χ3n) is 2.74. The van der Waals surface area contributed by atoms with Gasteiger partial charge < -0.3 is 10.1 Å². The van der Waals surface area contributed by atoms with Gasteiger partial charge in [-0.1, -0.05) is 24.3 Å². The van der Waals surface area contributed by atoms with Crippen LogP contribution in [0.4, 0.5) is 16.2 Å². The molecular formula is C15H16N2O3. The van der Waals surface area contributed by atoms with Gasteiger partial charge in [-0.25, -0.2) is 4.79 Å². The molecule has 0 bridgehead atoms. The molecule has 0 spiro atoms. The summed E-state index contributed by atoms with van der Waals surface area (Å²) >= 11 is 0. The van der Waals surface area contributed by atoms with Crippen molar-refractivity contribution in [3.05, 3.63) is 36.4 Å². The van der Waals surface area contributed by atoms with Gasteiger partial charge in [-0.2, -0.15) is 0 Å². The van der Waals surface area contributed by atoms with Gasteiger partial charge in [0.2, 0.25) is 5.91 Å². The zero-order chi connectivity index (χ0) is 14.5. The molecule has 0 aliphatic heterocycles. The fourth-order valence-electron chi connectivity index (χ4n) is 1.99. The smallest absolute Gasteiger partial charge is 0.411 e. The molecule has 0 atom stereocenters. The van der Waals surface area contributed by atoms with Crippen LogP contribution >= 0.6 is 0 Å². The quantitative estimate of drug-likeness (QED) is 0.900. The number of nitrogens with one attached hydrogen (secondary N) is 2. The van der Waals surface area contributed by atoms with E-state index < -0.39 is 6.09 Å². The molecule has 0 saturated heterocycles. The van der Waals surface area contributed by atoms with Crippen molar-refractivity contribution in [2.75, 3.05) is 17.2 Å². The molecule has 2 amide bonds. The lowest BCUT2D eigenvalue weighted by Crippen LogP contribution is -2.13. The molecule has 0 radical (unpaired) electrons. The fourth-order valence-corrected chi connectivity index (χ4v) is 1.99. The second-order valence-electron chi connectivity index (χ2n) is 4.23. The number of hydrogen-bond acceptors (Lipinski definition) is 3. The zero-order valence-electron chi connectivity index (χ0n) is 11.4. The molecule has 0 unspecified atom stereocenters. The summed E-state index contributed by atoms with van der Waals surface area (Å²) in [4.78, 5) is 22.7. The Balaban J connectivity index is 2.42. The lowest BCUT2D eigenvalue weighted by atomic mass is 10.1. The second kappa shape index (κ2) is 6.06. The van der Waals surface area contributed by atoms with Crippen LogP contribution in [-0.4, -0.2) is 18.6 Å². The third kappa shape index (κ3) is 3.06. The van der Waals surface area contributed by atoms with Gasteiger partial charge >= 0.3 is 6.09 Å². The zero-order valence-corrected chi connectivity index (χ0v) is 11.4. The van der Waals surface area contributed by atoms with Gasteiger partial charge in [-0.15, -0.1) is 0 Å². The van der Waals surface area contributed by atoms with Crippen LogP contribution in [0.1, 0.15) is 13.8 Å². The summed E-state index contributed by atoms with van der Waals surface area (Å²) in [7, 11) is 0. The number of anilines is 2. The number of hydrogen-bond donors (Lipinski definition) is 2. The SMILES string of the molecule is CCOC(=O)Nc1cccc2c(NC(C)=O)cccc12.